The number of fused-ring (bicyclic) bond motifs is 1. The third-order valence-electron chi connectivity index (χ3n) is 3.63. The first-order chi connectivity index (χ1) is 10.1. The molecule has 5 heteroatoms. The molecule has 0 bridgehead atoms. The summed E-state index contributed by atoms with van der Waals surface area (Å²) in [6.45, 7) is 1.75. The number of hydrogen-bond acceptors (Lipinski definition) is 4. The third kappa shape index (κ3) is 2.31. The van der Waals surface area contributed by atoms with Crippen molar-refractivity contribution in [3.05, 3.63) is 57.5 Å². The number of H-pyrrole nitrogens is 1. The zero-order valence-corrected chi connectivity index (χ0v) is 11.8. The molecule has 1 atom stereocenters. The van der Waals surface area contributed by atoms with Gasteiger partial charge in [0.25, 0.3) is 5.56 Å². The number of benzene rings is 1. The highest BCUT2D eigenvalue weighted by Gasteiger charge is 2.32. The number of para-hydroxylation sites is 1. The van der Waals surface area contributed by atoms with E-state index in [4.69, 9.17) is 9.47 Å². The van der Waals surface area contributed by atoms with Crippen LogP contribution in [0.5, 0.6) is 11.5 Å². The van der Waals surface area contributed by atoms with E-state index in [1.807, 2.05) is 24.3 Å². The molecule has 1 N–H and O–H groups in total. The topological polar surface area (TPSA) is 68.4 Å². The Bertz CT molecular complexity index is 763. The van der Waals surface area contributed by atoms with E-state index in [1.54, 1.807) is 20.1 Å². The van der Waals surface area contributed by atoms with E-state index < -0.39 is 0 Å². The summed E-state index contributed by atoms with van der Waals surface area (Å²) in [4.78, 5) is 26.9. The number of pyridine rings is 1. The number of esters is 1. The Morgan fingerprint density at radius 2 is 2.05 bits per heavy atom. The maximum Gasteiger partial charge on any atom is 0.312 e. The molecule has 3 rings (SSSR count). The number of hydrogen-bond donors (Lipinski definition) is 1. The fraction of sp³-hybridized carbons (Fsp3) is 0.250. The van der Waals surface area contributed by atoms with E-state index >= 15 is 0 Å². The standard InChI is InChI=1S/C16H15NO4/c1-9-7-13-15(16(19)17-9)11(8-14(18)21-13)10-5-3-4-6-12(10)20-2/h3-7,11H,8H2,1-2H3,(H,17,19)/t11-/m1/s1. The SMILES string of the molecule is COc1ccccc1[C@H]1CC(=O)Oc2cc(C)[nH]c(=O)c21. The first kappa shape index (κ1) is 13.4. The molecule has 108 valence electrons. The molecule has 2 heterocycles. The number of aryl methyl sites for hydroxylation is 1. The number of carbonyl (C=O) groups excluding carboxylic acids is 1. The Kier molecular flexibility index (Phi) is 3.25. The zero-order valence-electron chi connectivity index (χ0n) is 11.8. The summed E-state index contributed by atoms with van der Waals surface area (Å²) >= 11 is 0. The minimum absolute atomic E-state index is 0.125. The van der Waals surface area contributed by atoms with Crippen LogP contribution < -0.4 is 15.0 Å². The molecule has 2 aromatic rings. The highest BCUT2D eigenvalue weighted by Crippen LogP contribution is 2.39. The Morgan fingerprint density at radius 1 is 1.29 bits per heavy atom. The summed E-state index contributed by atoms with van der Waals surface area (Å²) in [5.74, 6) is 0.289. The van der Waals surface area contributed by atoms with Gasteiger partial charge in [0.1, 0.15) is 11.5 Å². The van der Waals surface area contributed by atoms with Crippen LogP contribution >= 0.6 is 0 Å². The van der Waals surface area contributed by atoms with Gasteiger partial charge < -0.3 is 14.5 Å². The van der Waals surface area contributed by atoms with Crippen molar-refractivity contribution in [1.29, 1.82) is 0 Å². The summed E-state index contributed by atoms with van der Waals surface area (Å²) in [5, 5.41) is 0. The van der Waals surface area contributed by atoms with E-state index in [2.05, 4.69) is 4.98 Å². The molecule has 0 amide bonds. The smallest absolute Gasteiger partial charge is 0.312 e. The second-order valence-electron chi connectivity index (χ2n) is 5.03. The van der Waals surface area contributed by atoms with Gasteiger partial charge in [-0.3, -0.25) is 9.59 Å². The predicted molar refractivity (Wildman–Crippen MR) is 76.9 cm³/mol. The second-order valence-corrected chi connectivity index (χ2v) is 5.03. The lowest BCUT2D eigenvalue weighted by Gasteiger charge is -2.25. The number of aromatic nitrogens is 1. The average molecular weight is 285 g/mol. The highest BCUT2D eigenvalue weighted by atomic mass is 16.5. The summed E-state index contributed by atoms with van der Waals surface area (Å²) in [6, 6.07) is 9.07. The lowest BCUT2D eigenvalue weighted by Crippen LogP contribution is -2.28. The quantitative estimate of drug-likeness (QED) is 0.858. The fourth-order valence-corrected chi connectivity index (χ4v) is 2.74. The molecule has 1 aromatic heterocycles. The van der Waals surface area contributed by atoms with Crippen molar-refractivity contribution in [2.45, 2.75) is 19.3 Å². The van der Waals surface area contributed by atoms with E-state index in [1.165, 1.54) is 0 Å². The zero-order chi connectivity index (χ0) is 15.0. The molecule has 5 nitrogen and oxygen atoms in total. The molecule has 0 fully saturated rings. The van der Waals surface area contributed by atoms with Crippen LogP contribution in [0.2, 0.25) is 0 Å². The van der Waals surface area contributed by atoms with Gasteiger partial charge in [-0.25, -0.2) is 0 Å². The van der Waals surface area contributed by atoms with Crippen molar-refractivity contribution in [2.75, 3.05) is 7.11 Å². The van der Waals surface area contributed by atoms with Gasteiger partial charge >= 0.3 is 5.97 Å². The van der Waals surface area contributed by atoms with E-state index in [0.29, 0.717) is 22.8 Å². The van der Waals surface area contributed by atoms with Crippen molar-refractivity contribution in [2.24, 2.45) is 0 Å². The van der Waals surface area contributed by atoms with Crippen LogP contribution in [0.25, 0.3) is 0 Å². The molecule has 0 spiro atoms. The van der Waals surface area contributed by atoms with Crippen LogP contribution in [-0.4, -0.2) is 18.1 Å². The third-order valence-corrected chi connectivity index (χ3v) is 3.63. The maximum absolute atomic E-state index is 12.3. The molecule has 1 aliphatic rings. The van der Waals surface area contributed by atoms with Crippen LogP contribution in [-0.2, 0) is 4.79 Å². The van der Waals surface area contributed by atoms with Gasteiger partial charge in [0.2, 0.25) is 0 Å². The maximum atomic E-state index is 12.3. The van der Waals surface area contributed by atoms with Crippen LogP contribution in [0.4, 0.5) is 0 Å². The minimum Gasteiger partial charge on any atom is -0.496 e. The highest BCUT2D eigenvalue weighted by molar-refractivity contribution is 5.77. The van der Waals surface area contributed by atoms with Crippen molar-refractivity contribution in [3.63, 3.8) is 0 Å². The predicted octanol–water partition coefficient (Wildman–Crippen LogP) is 2.13. The fourth-order valence-electron chi connectivity index (χ4n) is 2.74. The summed E-state index contributed by atoms with van der Waals surface area (Å²) in [6.07, 6.45) is 0.125. The summed E-state index contributed by atoms with van der Waals surface area (Å²) in [5.41, 5.74) is 1.72. The number of ether oxygens (including phenoxy) is 2. The van der Waals surface area contributed by atoms with E-state index in [-0.39, 0.29) is 23.9 Å². The van der Waals surface area contributed by atoms with Crippen LogP contribution in [0.1, 0.15) is 29.2 Å². The van der Waals surface area contributed by atoms with Gasteiger partial charge in [0, 0.05) is 23.2 Å². The van der Waals surface area contributed by atoms with Crippen LogP contribution in [0, 0.1) is 6.92 Å². The molecule has 0 saturated heterocycles. The Balaban J connectivity index is 2.22. The Hall–Kier alpha value is -2.56. The van der Waals surface area contributed by atoms with Gasteiger partial charge in [0.05, 0.1) is 19.1 Å². The van der Waals surface area contributed by atoms with Crippen molar-refractivity contribution in [3.8, 4) is 11.5 Å². The largest absolute Gasteiger partial charge is 0.496 e. The number of carbonyl (C=O) groups is 1. The molecular weight excluding hydrogens is 270 g/mol. The molecule has 1 aromatic carbocycles. The van der Waals surface area contributed by atoms with Crippen molar-refractivity contribution >= 4 is 5.97 Å². The molecule has 21 heavy (non-hydrogen) atoms. The molecule has 0 aliphatic carbocycles. The monoisotopic (exact) mass is 285 g/mol. The van der Waals surface area contributed by atoms with E-state index in [0.717, 1.165) is 5.56 Å². The van der Waals surface area contributed by atoms with Gasteiger partial charge in [-0.2, -0.15) is 0 Å². The average Bonchev–Trinajstić information content (AvgIpc) is 2.45. The summed E-state index contributed by atoms with van der Waals surface area (Å²) < 4.78 is 10.6. The van der Waals surface area contributed by atoms with Gasteiger partial charge in [-0.1, -0.05) is 18.2 Å². The van der Waals surface area contributed by atoms with Gasteiger partial charge in [0.15, 0.2) is 0 Å². The lowest BCUT2D eigenvalue weighted by atomic mass is 9.86. The number of rotatable bonds is 2. The number of aromatic amines is 1. The Labute approximate surface area is 121 Å². The molecule has 0 radical (unpaired) electrons. The van der Waals surface area contributed by atoms with Crippen molar-refractivity contribution in [1.82, 2.24) is 4.98 Å². The molecule has 0 saturated carbocycles. The van der Waals surface area contributed by atoms with Crippen molar-refractivity contribution < 1.29 is 14.3 Å². The number of nitrogens with one attached hydrogen (secondary N) is 1. The van der Waals surface area contributed by atoms with E-state index in [9.17, 15) is 9.59 Å². The second kappa shape index (κ2) is 5.09. The summed E-state index contributed by atoms with van der Waals surface area (Å²) in [7, 11) is 1.57. The molecular formula is C16H15NO4. The first-order valence-corrected chi connectivity index (χ1v) is 6.67. The van der Waals surface area contributed by atoms with Gasteiger partial charge in [-0.15, -0.1) is 0 Å². The first-order valence-electron chi connectivity index (χ1n) is 6.67. The van der Waals surface area contributed by atoms with Gasteiger partial charge in [-0.05, 0) is 13.0 Å². The number of methoxy groups -OCH3 is 1. The van der Waals surface area contributed by atoms with Crippen LogP contribution in [0.15, 0.2) is 35.1 Å². The minimum atomic E-state index is -0.359. The molecule has 0 unspecified atom stereocenters. The lowest BCUT2D eigenvalue weighted by molar-refractivity contribution is -0.135. The Morgan fingerprint density at radius 3 is 2.81 bits per heavy atom. The van der Waals surface area contributed by atoms with Crippen LogP contribution in [0.3, 0.4) is 0 Å². The normalized spacial score (nSPS) is 17.0. The molecule has 1 aliphatic heterocycles.